The first-order valence-electron chi connectivity index (χ1n) is 6.80. The van der Waals surface area contributed by atoms with Crippen molar-refractivity contribution in [1.82, 2.24) is 4.90 Å². The summed E-state index contributed by atoms with van der Waals surface area (Å²) in [5, 5.41) is 0. The van der Waals surface area contributed by atoms with Gasteiger partial charge in [0.1, 0.15) is 5.92 Å². The van der Waals surface area contributed by atoms with Crippen molar-refractivity contribution in [3.05, 3.63) is 35.9 Å². The van der Waals surface area contributed by atoms with Crippen molar-refractivity contribution in [2.45, 2.75) is 25.7 Å². The highest BCUT2D eigenvalue weighted by Crippen LogP contribution is 2.18. The lowest BCUT2D eigenvalue weighted by Crippen LogP contribution is -2.41. The summed E-state index contributed by atoms with van der Waals surface area (Å²) in [4.78, 5) is 25.3. The summed E-state index contributed by atoms with van der Waals surface area (Å²) >= 11 is 0. The normalized spacial score (nSPS) is 20.1. The average Bonchev–Trinajstić information content (AvgIpc) is 2.60. The van der Waals surface area contributed by atoms with Gasteiger partial charge in [0.15, 0.2) is 0 Å². The minimum Gasteiger partial charge on any atom is -0.369 e. The van der Waals surface area contributed by atoms with Crippen LogP contribution in [0.1, 0.15) is 24.8 Å². The molecule has 2 N–H and O–H groups in total. The van der Waals surface area contributed by atoms with Crippen LogP contribution in [0.3, 0.4) is 0 Å². The Morgan fingerprint density at radius 2 is 2.00 bits per heavy atom. The molecule has 1 saturated heterocycles. The molecule has 0 radical (unpaired) electrons. The molecule has 1 atom stereocenters. The van der Waals surface area contributed by atoms with Crippen LogP contribution in [0.2, 0.25) is 0 Å². The fraction of sp³-hybridized carbons (Fsp3) is 0.467. The van der Waals surface area contributed by atoms with Crippen molar-refractivity contribution in [1.29, 1.82) is 0 Å². The zero-order valence-electron chi connectivity index (χ0n) is 11.0. The highest BCUT2D eigenvalue weighted by atomic mass is 16.2. The van der Waals surface area contributed by atoms with Crippen LogP contribution in [0.4, 0.5) is 0 Å². The molecule has 0 aliphatic carbocycles. The number of nitrogens with two attached hydrogens (primary N) is 1. The highest BCUT2D eigenvalue weighted by Gasteiger charge is 2.30. The molecule has 0 bridgehead atoms. The van der Waals surface area contributed by atoms with Gasteiger partial charge in [0.25, 0.3) is 0 Å². The molecule has 4 heteroatoms. The minimum atomic E-state index is -0.627. The van der Waals surface area contributed by atoms with Crippen LogP contribution in [0.15, 0.2) is 30.3 Å². The number of benzene rings is 1. The summed E-state index contributed by atoms with van der Waals surface area (Å²) in [7, 11) is 0. The van der Waals surface area contributed by atoms with Gasteiger partial charge < -0.3 is 10.6 Å². The number of hydrogen-bond acceptors (Lipinski definition) is 2. The molecule has 1 fully saturated rings. The number of hydrogen-bond donors (Lipinski definition) is 1. The van der Waals surface area contributed by atoms with Gasteiger partial charge in [-0.2, -0.15) is 0 Å². The second-order valence-corrected chi connectivity index (χ2v) is 5.01. The third-order valence-electron chi connectivity index (χ3n) is 3.64. The lowest BCUT2D eigenvalue weighted by molar-refractivity contribution is -0.140. The van der Waals surface area contributed by atoms with Gasteiger partial charge in [0, 0.05) is 13.1 Å². The van der Waals surface area contributed by atoms with Gasteiger partial charge in [-0.05, 0) is 24.8 Å². The molecule has 1 unspecified atom stereocenters. The molecule has 1 aromatic carbocycles. The highest BCUT2D eigenvalue weighted by molar-refractivity contribution is 5.99. The molecule has 19 heavy (non-hydrogen) atoms. The average molecular weight is 260 g/mol. The Labute approximate surface area is 113 Å². The summed E-state index contributed by atoms with van der Waals surface area (Å²) in [6, 6.07) is 10.1. The molecular weight excluding hydrogens is 240 g/mol. The predicted octanol–water partition coefficient (Wildman–Crippen LogP) is 1.34. The van der Waals surface area contributed by atoms with E-state index in [1.54, 1.807) is 4.90 Å². The predicted molar refractivity (Wildman–Crippen MR) is 73.3 cm³/mol. The Morgan fingerprint density at radius 3 is 2.68 bits per heavy atom. The monoisotopic (exact) mass is 260 g/mol. The van der Waals surface area contributed by atoms with Gasteiger partial charge in [-0.15, -0.1) is 0 Å². The summed E-state index contributed by atoms with van der Waals surface area (Å²) in [5.41, 5.74) is 6.51. The Hall–Kier alpha value is -1.84. The molecule has 0 saturated carbocycles. The molecular formula is C15H20N2O2. The third-order valence-corrected chi connectivity index (χ3v) is 3.64. The Bertz CT molecular complexity index is 445. The lowest BCUT2D eigenvalue weighted by atomic mass is 10.0. The summed E-state index contributed by atoms with van der Waals surface area (Å²) < 4.78 is 0. The van der Waals surface area contributed by atoms with Crippen LogP contribution in [-0.4, -0.2) is 29.8 Å². The lowest BCUT2D eigenvalue weighted by Gasteiger charge is -2.23. The van der Waals surface area contributed by atoms with E-state index >= 15 is 0 Å². The van der Waals surface area contributed by atoms with Gasteiger partial charge in [-0.1, -0.05) is 36.8 Å². The van der Waals surface area contributed by atoms with Crippen molar-refractivity contribution in [3.8, 4) is 0 Å². The maximum Gasteiger partial charge on any atom is 0.235 e. The number of rotatable bonds is 4. The van der Waals surface area contributed by atoms with Crippen LogP contribution in [0, 0.1) is 5.92 Å². The largest absolute Gasteiger partial charge is 0.369 e. The van der Waals surface area contributed by atoms with Crippen LogP contribution in [0.5, 0.6) is 0 Å². The van der Waals surface area contributed by atoms with E-state index in [0.717, 1.165) is 25.8 Å². The van der Waals surface area contributed by atoms with Gasteiger partial charge >= 0.3 is 0 Å². The summed E-state index contributed by atoms with van der Waals surface area (Å²) in [5.74, 6) is -1.21. The van der Waals surface area contributed by atoms with Crippen LogP contribution < -0.4 is 5.73 Å². The standard InChI is InChI=1S/C15H20N2O2/c16-14(18)13-8-4-5-10-17(15(13)19)11-9-12-6-2-1-3-7-12/h1-3,6-7,13H,4-5,8-11H2,(H2,16,18). The van der Waals surface area contributed by atoms with E-state index in [-0.39, 0.29) is 5.91 Å². The van der Waals surface area contributed by atoms with Crippen molar-refractivity contribution < 1.29 is 9.59 Å². The topological polar surface area (TPSA) is 63.4 Å². The fourth-order valence-corrected chi connectivity index (χ4v) is 2.50. The zero-order chi connectivity index (χ0) is 13.7. The number of primary amides is 1. The zero-order valence-corrected chi connectivity index (χ0v) is 11.0. The number of likely N-dealkylation sites (tertiary alicyclic amines) is 1. The molecule has 1 aromatic rings. The smallest absolute Gasteiger partial charge is 0.235 e. The van der Waals surface area contributed by atoms with Crippen molar-refractivity contribution in [2.75, 3.05) is 13.1 Å². The molecule has 2 rings (SSSR count). The maximum atomic E-state index is 12.2. The second kappa shape index (κ2) is 6.36. The van der Waals surface area contributed by atoms with E-state index < -0.39 is 11.8 Å². The van der Waals surface area contributed by atoms with E-state index in [0.29, 0.717) is 13.0 Å². The van der Waals surface area contributed by atoms with E-state index in [1.165, 1.54) is 5.56 Å². The van der Waals surface area contributed by atoms with Crippen molar-refractivity contribution in [2.24, 2.45) is 11.7 Å². The SMILES string of the molecule is NC(=O)C1CCCCN(CCc2ccccc2)C1=O. The van der Waals surface area contributed by atoms with Crippen LogP contribution in [0.25, 0.3) is 0 Å². The van der Waals surface area contributed by atoms with Gasteiger partial charge in [-0.25, -0.2) is 0 Å². The van der Waals surface area contributed by atoms with Gasteiger partial charge in [0.05, 0.1) is 0 Å². The number of carbonyl (C=O) groups is 2. The minimum absolute atomic E-state index is 0.0964. The van der Waals surface area contributed by atoms with E-state index in [4.69, 9.17) is 5.73 Å². The van der Waals surface area contributed by atoms with Gasteiger partial charge in [0.2, 0.25) is 11.8 Å². The third kappa shape index (κ3) is 3.56. The molecule has 0 aromatic heterocycles. The first kappa shape index (κ1) is 13.6. The Balaban J connectivity index is 1.98. The first-order chi connectivity index (χ1) is 9.18. The molecule has 4 nitrogen and oxygen atoms in total. The van der Waals surface area contributed by atoms with Crippen molar-refractivity contribution in [3.63, 3.8) is 0 Å². The van der Waals surface area contributed by atoms with Gasteiger partial charge in [-0.3, -0.25) is 9.59 Å². The van der Waals surface area contributed by atoms with E-state index in [1.807, 2.05) is 30.3 Å². The summed E-state index contributed by atoms with van der Waals surface area (Å²) in [6.07, 6.45) is 3.25. The number of carbonyl (C=O) groups excluding carboxylic acids is 2. The quantitative estimate of drug-likeness (QED) is 0.830. The Kier molecular flexibility index (Phi) is 4.55. The number of amides is 2. The maximum absolute atomic E-state index is 12.2. The van der Waals surface area contributed by atoms with E-state index in [9.17, 15) is 9.59 Å². The molecule has 1 aliphatic rings. The molecule has 0 spiro atoms. The van der Waals surface area contributed by atoms with Crippen LogP contribution >= 0.6 is 0 Å². The Morgan fingerprint density at radius 1 is 1.26 bits per heavy atom. The first-order valence-corrected chi connectivity index (χ1v) is 6.80. The molecule has 1 aliphatic heterocycles. The molecule has 1 heterocycles. The van der Waals surface area contributed by atoms with Crippen LogP contribution in [-0.2, 0) is 16.0 Å². The van der Waals surface area contributed by atoms with E-state index in [2.05, 4.69) is 0 Å². The fourth-order valence-electron chi connectivity index (χ4n) is 2.50. The summed E-state index contributed by atoms with van der Waals surface area (Å²) in [6.45, 7) is 1.39. The molecule has 2 amide bonds. The second-order valence-electron chi connectivity index (χ2n) is 5.01. The molecule has 102 valence electrons. The number of nitrogens with zero attached hydrogens (tertiary/aromatic N) is 1. The van der Waals surface area contributed by atoms with Crippen molar-refractivity contribution >= 4 is 11.8 Å².